The third-order valence-corrected chi connectivity index (χ3v) is 3.31. The Morgan fingerprint density at radius 3 is 2.74 bits per heavy atom. The number of hydrogen-bond acceptors (Lipinski definition) is 5. The summed E-state index contributed by atoms with van der Waals surface area (Å²) in [6, 6.07) is 11.5. The number of carbonyl (C=O) groups excluding carboxylic acids is 1. The van der Waals surface area contributed by atoms with Gasteiger partial charge in [-0.1, -0.05) is 12.1 Å². The molecular weight excluding hydrogens is 298 g/mol. The summed E-state index contributed by atoms with van der Waals surface area (Å²) in [5.41, 5.74) is 2.29. The van der Waals surface area contributed by atoms with Crippen LogP contribution in [0.1, 0.15) is 20.7 Å². The number of benzene rings is 2. The number of carbonyl (C=O) groups is 2. The molecule has 3 aromatic rings. The number of esters is 1. The molecule has 0 saturated carbocycles. The normalized spacial score (nSPS) is 10.5. The van der Waals surface area contributed by atoms with Crippen molar-refractivity contribution in [2.24, 2.45) is 0 Å². The molecule has 3 rings (SSSR count). The van der Waals surface area contributed by atoms with E-state index >= 15 is 0 Å². The Hall–Kier alpha value is -3.35. The molecule has 0 aliphatic heterocycles. The number of nitrogens with zero attached hydrogens (tertiary/aromatic N) is 1. The number of H-pyrrole nitrogens is 1. The van der Waals surface area contributed by atoms with Gasteiger partial charge in [-0.3, -0.25) is 0 Å². The van der Waals surface area contributed by atoms with Gasteiger partial charge < -0.3 is 20.1 Å². The monoisotopic (exact) mass is 311 g/mol. The number of ether oxygens (including phenoxy) is 1. The van der Waals surface area contributed by atoms with E-state index in [2.05, 4.69) is 15.3 Å². The van der Waals surface area contributed by atoms with Gasteiger partial charge in [-0.25, -0.2) is 14.6 Å². The third-order valence-electron chi connectivity index (χ3n) is 3.31. The zero-order chi connectivity index (χ0) is 16.4. The molecule has 0 saturated heterocycles. The summed E-state index contributed by atoms with van der Waals surface area (Å²) in [6.07, 6.45) is 0. The van der Waals surface area contributed by atoms with Crippen molar-refractivity contribution < 1.29 is 19.4 Å². The number of imidazole rings is 1. The first-order valence-corrected chi connectivity index (χ1v) is 6.76. The first kappa shape index (κ1) is 14.6. The molecule has 7 nitrogen and oxygen atoms in total. The van der Waals surface area contributed by atoms with Gasteiger partial charge in [-0.2, -0.15) is 0 Å². The summed E-state index contributed by atoms with van der Waals surface area (Å²) in [7, 11) is 1.31. The molecule has 0 radical (unpaired) electrons. The lowest BCUT2D eigenvalue weighted by molar-refractivity contribution is 0.0601. The zero-order valence-corrected chi connectivity index (χ0v) is 12.2. The minimum Gasteiger partial charge on any atom is -0.478 e. The van der Waals surface area contributed by atoms with Crippen molar-refractivity contribution in [2.75, 3.05) is 12.4 Å². The highest BCUT2D eigenvalue weighted by molar-refractivity contribution is 5.96. The molecule has 23 heavy (non-hydrogen) atoms. The Labute approximate surface area is 130 Å². The van der Waals surface area contributed by atoms with Crippen LogP contribution in [-0.2, 0) is 4.74 Å². The number of methoxy groups -OCH3 is 1. The number of aromatic carboxylic acids is 1. The van der Waals surface area contributed by atoms with E-state index in [0.717, 1.165) is 0 Å². The van der Waals surface area contributed by atoms with Crippen LogP contribution in [0.25, 0.3) is 11.0 Å². The molecule has 0 spiro atoms. The Kier molecular flexibility index (Phi) is 3.68. The van der Waals surface area contributed by atoms with E-state index in [9.17, 15) is 9.59 Å². The van der Waals surface area contributed by atoms with Crippen molar-refractivity contribution in [3.63, 3.8) is 0 Å². The molecule has 3 N–H and O–H groups in total. The number of fused-ring (bicyclic) bond motifs is 1. The molecule has 1 heterocycles. The van der Waals surface area contributed by atoms with Gasteiger partial charge in [0.1, 0.15) is 0 Å². The maximum atomic E-state index is 11.8. The number of hydrogen-bond donors (Lipinski definition) is 3. The van der Waals surface area contributed by atoms with Gasteiger partial charge in [0, 0.05) is 0 Å². The van der Waals surface area contributed by atoms with Crippen molar-refractivity contribution in [1.82, 2.24) is 9.97 Å². The Bertz CT molecular complexity index is 901. The van der Waals surface area contributed by atoms with E-state index in [1.165, 1.54) is 19.2 Å². The minimum absolute atomic E-state index is 0.169. The van der Waals surface area contributed by atoms with Crippen molar-refractivity contribution in [2.45, 2.75) is 0 Å². The van der Waals surface area contributed by atoms with Gasteiger partial charge >= 0.3 is 11.9 Å². The highest BCUT2D eigenvalue weighted by atomic mass is 16.5. The average Bonchev–Trinajstić information content (AvgIpc) is 2.95. The van der Waals surface area contributed by atoms with Crippen LogP contribution in [0.4, 0.5) is 11.6 Å². The van der Waals surface area contributed by atoms with Crippen molar-refractivity contribution in [1.29, 1.82) is 0 Å². The molecule has 0 aliphatic carbocycles. The number of para-hydroxylation sites is 1. The standard InChI is InChI=1S/C16H13N3O4/c1-23-15(22)10-4-2-3-5-11(10)17-16-18-12-7-6-9(14(20)21)8-13(12)19-16/h2-8H,1H3,(H,20,21)(H2,17,18,19). The number of rotatable bonds is 4. The molecular formula is C16H13N3O4. The number of aromatic nitrogens is 2. The predicted octanol–water partition coefficient (Wildman–Crippen LogP) is 2.79. The van der Waals surface area contributed by atoms with E-state index in [1.54, 1.807) is 30.3 Å². The molecule has 0 unspecified atom stereocenters. The molecule has 0 aliphatic rings. The SMILES string of the molecule is COC(=O)c1ccccc1Nc1nc2ccc(C(=O)O)cc2[nH]1. The average molecular weight is 311 g/mol. The first-order chi connectivity index (χ1) is 11.1. The van der Waals surface area contributed by atoms with Crippen LogP contribution in [0.15, 0.2) is 42.5 Å². The fourth-order valence-electron chi connectivity index (χ4n) is 2.21. The summed E-state index contributed by atoms with van der Waals surface area (Å²) in [5.74, 6) is -1.07. The van der Waals surface area contributed by atoms with Crippen LogP contribution in [-0.4, -0.2) is 34.1 Å². The van der Waals surface area contributed by atoms with Gasteiger partial charge in [0.05, 0.1) is 35.0 Å². The highest BCUT2D eigenvalue weighted by Gasteiger charge is 2.13. The summed E-state index contributed by atoms with van der Waals surface area (Å²) in [4.78, 5) is 30.1. The second kappa shape index (κ2) is 5.80. The largest absolute Gasteiger partial charge is 0.478 e. The maximum absolute atomic E-state index is 11.8. The van der Waals surface area contributed by atoms with Gasteiger partial charge in [0.25, 0.3) is 0 Å². The second-order valence-corrected chi connectivity index (χ2v) is 4.78. The van der Waals surface area contributed by atoms with Gasteiger partial charge in [-0.05, 0) is 30.3 Å². The predicted molar refractivity (Wildman–Crippen MR) is 84.1 cm³/mol. The lowest BCUT2D eigenvalue weighted by Gasteiger charge is -2.07. The zero-order valence-electron chi connectivity index (χ0n) is 12.2. The van der Waals surface area contributed by atoms with Gasteiger partial charge in [0.2, 0.25) is 5.95 Å². The van der Waals surface area contributed by atoms with E-state index in [0.29, 0.717) is 28.2 Å². The van der Waals surface area contributed by atoms with Crippen LogP contribution in [0.3, 0.4) is 0 Å². The highest BCUT2D eigenvalue weighted by Crippen LogP contribution is 2.22. The summed E-state index contributed by atoms with van der Waals surface area (Å²) >= 11 is 0. The van der Waals surface area contributed by atoms with E-state index < -0.39 is 11.9 Å². The molecule has 7 heteroatoms. The lowest BCUT2D eigenvalue weighted by atomic mass is 10.2. The smallest absolute Gasteiger partial charge is 0.339 e. The Morgan fingerprint density at radius 1 is 1.22 bits per heavy atom. The molecule has 0 fully saturated rings. The van der Waals surface area contributed by atoms with Crippen molar-refractivity contribution >= 4 is 34.6 Å². The fourth-order valence-corrected chi connectivity index (χ4v) is 2.21. The third kappa shape index (κ3) is 2.84. The fraction of sp³-hybridized carbons (Fsp3) is 0.0625. The number of nitrogens with one attached hydrogen (secondary N) is 2. The van der Waals surface area contributed by atoms with Crippen LogP contribution in [0, 0.1) is 0 Å². The molecule has 0 bridgehead atoms. The van der Waals surface area contributed by atoms with Crippen LogP contribution < -0.4 is 5.32 Å². The lowest BCUT2D eigenvalue weighted by Crippen LogP contribution is -2.05. The van der Waals surface area contributed by atoms with Crippen LogP contribution in [0.5, 0.6) is 0 Å². The second-order valence-electron chi connectivity index (χ2n) is 4.78. The van der Waals surface area contributed by atoms with Gasteiger partial charge in [-0.15, -0.1) is 0 Å². The minimum atomic E-state index is -1.01. The summed E-state index contributed by atoms with van der Waals surface area (Å²) in [5, 5.41) is 12.0. The molecule has 1 aromatic heterocycles. The van der Waals surface area contributed by atoms with E-state index in [4.69, 9.17) is 9.84 Å². The molecule has 0 atom stereocenters. The summed E-state index contributed by atoms with van der Waals surface area (Å²) < 4.78 is 4.74. The Balaban J connectivity index is 1.96. The summed E-state index contributed by atoms with van der Waals surface area (Å²) in [6.45, 7) is 0. The van der Waals surface area contributed by atoms with Crippen LogP contribution in [0.2, 0.25) is 0 Å². The number of anilines is 2. The topological polar surface area (TPSA) is 104 Å². The van der Waals surface area contributed by atoms with Gasteiger partial charge in [0.15, 0.2) is 0 Å². The van der Waals surface area contributed by atoms with E-state index in [1.807, 2.05) is 0 Å². The number of aromatic amines is 1. The van der Waals surface area contributed by atoms with Crippen molar-refractivity contribution in [3.8, 4) is 0 Å². The van der Waals surface area contributed by atoms with Crippen LogP contribution >= 0.6 is 0 Å². The molecule has 0 amide bonds. The Morgan fingerprint density at radius 2 is 2.00 bits per heavy atom. The maximum Gasteiger partial charge on any atom is 0.339 e. The number of carboxylic acids is 1. The number of carboxylic acid groups (broad SMARTS) is 1. The molecule has 2 aromatic carbocycles. The quantitative estimate of drug-likeness (QED) is 0.640. The van der Waals surface area contributed by atoms with E-state index in [-0.39, 0.29) is 5.56 Å². The van der Waals surface area contributed by atoms with Crippen molar-refractivity contribution in [3.05, 3.63) is 53.6 Å². The molecule has 116 valence electrons. The first-order valence-electron chi connectivity index (χ1n) is 6.76.